The smallest absolute Gasteiger partial charge is 0.251 e. The van der Waals surface area contributed by atoms with Crippen LogP contribution in [0.3, 0.4) is 0 Å². The highest BCUT2D eigenvalue weighted by molar-refractivity contribution is 7.03. The molecule has 2 rings (SSSR count). The van der Waals surface area contributed by atoms with E-state index in [0.717, 1.165) is 0 Å². The number of hydrogen-bond acceptors (Lipinski definition) is 4. The van der Waals surface area contributed by atoms with Gasteiger partial charge in [0, 0.05) is 6.07 Å². The molecule has 0 bridgehead atoms. The summed E-state index contributed by atoms with van der Waals surface area (Å²) in [7, 11) is 0. The third-order valence-corrected chi connectivity index (χ3v) is 1.72. The fourth-order valence-corrected chi connectivity index (χ4v) is 1.11. The van der Waals surface area contributed by atoms with Crippen LogP contribution in [0.25, 0.3) is 0 Å². The summed E-state index contributed by atoms with van der Waals surface area (Å²) in [5.74, 6) is 1.17. The second-order valence-electron chi connectivity index (χ2n) is 2.07. The van der Waals surface area contributed by atoms with Crippen molar-refractivity contribution in [1.82, 2.24) is 9.59 Å². The van der Waals surface area contributed by atoms with Crippen LogP contribution in [0.5, 0.6) is 11.6 Å². The van der Waals surface area contributed by atoms with E-state index in [1.807, 2.05) is 18.2 Å². The van der Waals surface area contributed by atoms with Gasteiger partial charge in [-0.15, -0.1) is 0 Å². The first-order valence-electron chi connectivity index (χ1n) is 3.37. The fourth-order valence-electron chi connectivity index (χ4n) is 0.754. The molecule has 0 saturated heterocycles. The van der Waals surface area contributed by atoms with Crippen molar-refractivity contribution in [3.63, 3.8) is 0 Å². The van der Waals surface area contributed by atoms with Crippen LogP contribution < -0.4 is 4.74 Å². The van der Waals surface area contributed by atoms with Gasteiger partial charge < -0.3 is 4.74 Å². The summed E-state index contributed by atoms with van der Waals surface area (Å²) in [6.45, 7) is 0. The van der Waals surface area contributed by atoms with E-state index in [0.29, 0.717) is 11.6 Å². The summed E-state index contributed by atoms with van der Waals surface area (Å²) in [5.41, 5.74) is 0. The van der Waals surface area contributed by atoms with E-state index < -0.39 is 0 Å². The van der Waals surface area contributed by atoms with Crippen LogP contribution in [0, 0.1) is 6.07 Å². The van der Waals surface area contributed by atoms with Crippen molar-refractivity contribution < 1.29 is 4.74 Å². The van der Waals surface area contributed by atoms with Gasteiger partial charge in [-0.2, -0.15) is 0 Å². The van der Waals surface area contributed by atoms with E-state index >= 15 is 0 Å². The predicted octanol–water partition coefficient (Wildman–Crippen LogP) is 2.13. The standard InChI is InChI=1S/C8H5N2OS/c1-2-4-7(5-3-1)11-8-6-12-10-9-8/h1-4,6H. The monoisotopic (exact) mass is 177 g/mol. The number of rotatable bonds is 2. The van der Waals surface area contributed by atoms with E-state index in [-0.39, 0.29) is 0 Å². The first kappa shape index (κ1) is 7.24. The van der Waals surface area contributed by atoms with Crippen LogP contribution in [0.1, 0.15) is 0 Å². The molecule has 1 aromatic carbocycles. The lowest BCUT2D eigenvalue weighted by molar-refractivity contribution is 0.460. The summed E-state index contributed by atoms with van der Waals surface area (Å²) in [6.07, 6.45) is 0. The maximum Gasteiger partial charge on any atom is 0.251 e. The van der Waals surface area contributed by atoms with Gasteiger partial charge in [-0.3, -0.25) is 0 Å². The van der Waals surface area contributed by atoms with Gasteiger partial charge in [0.1, 0.15) is 5.75 Å². The predicted molar refractivity (Wildman–Crippen MR) is 45.3 cm³/mol. The molecule has 1 aromatic heterocycles. The molecule has 0 amide bonds. The topological polar surface area (TPSA) is 35.0 Å². The average Bonchev–Trinajstić information content (AvgIpc) is 2.59. The number of ether oxygens (including phenoxy) is 1. The van der Waals surface area contributed by atoms with Crippen LogP contribution in [0.15, 0.2) is 29.6 Å². The lowest BCUT2D eigenvalue weighted by Crippen LogP contribution is -1.82. The van der Waals surface area contributed by atoms with E-state index in [4.69, 9.17) is 4.74 Å². The minimum absolute atomic E-state index is 0.516. The van der Waals surface area contributed by atoms with E-state index in [1.54, 1.807) is 11.4 Å². The van der Waals surface area contributed by atoms with Gasteiger partial charge in [-0.05, 0) is 17.6 Å². The maximum atomic E-state index is 5.30. The van der Waals surface area contributed by atoms with E-state index in [9.17, 15) is 0 Å². The summed E-state index contributed by atoms with van der Waals surface area (Å²) < 4.78 is 8.97. The van der Waals surface area contributed by atoms with Gasteiger partial charge in [0.05, 0.1) is 5.38 Å². The SMILES string of the molecule is [c]1ccccc1Oc1csnn1. The molecular weight excluding hydrogens is 172 g/mol. The highest BCUT2D eigenvalue weighted by Crippen LogP contribution is 2.17. The molecule has 0 aliphatic carbocycles. The fraction of sp³-hybridized carbons (Fsp3) is 0. The lowest BCUT2D eigenvalue weighted by atomic mass is 10.3. The molecule has 4 heteroatoms. The molecule has 0 N–H and O–H groups in total. The maximum absolute atomic E-state index is 5.30. The summed E-state index contributed by atoms with van der Waals surface area (Å²) in [5, 5.41) is 5.47. The van der Waals surface area contributed by atoms with Gasteiger partial charge in [-0.25, -0.2) is 0 Å². The molecule has 0 saturated carbocycles. The molecular formula is C8H5N2OS. The molecule has 0 unspecified atom stereocenters. The molecule has 0 atom stereocenters. The van der Waals surface area contributed by atoms with Crippen LogP contribution in [-0.4, -0.2) is 9.59 Å². The second kappa shape index (κ2) is 3.32. The van der Waals surface area contributed by atoms with Gasteiger partial charge >= 0.3 is 0 Å². The first-order valence-corrected chi connectivity index (χ1v) is 4.20. The number of hydrogen-bond donors (Lipinski definition) is 0. The third kappa shape index (κ3) is 1.60. The second-order valence-corrected chi connectivity index (χ2v) is 2.68. The molecule has 1 heterocycles. The zero-order chi connectivity index (χ0) is 8.23. The summed E-state index contributed by atoms with van der Waals surface area (Å²) in [4.78, 5) is 0. The molecule has 2 aromatic rings. The molecule has 59 valence electrons. The van der Waals surface area contributed by atoms with Crippen LogP contribution >= 0.6 is 11.5 Å². The first-order chi connectivity index (χ1) is 5.95. The average molecular weight is 177 g/mol. The Labute approximate surface area is 73.8 Å². The molecule has 3 nitrogen and oxygen atoms in total. The Morgan fingerprint density at radius 2 is 2.42 bits per heavy atom. The van der Waals surface area contributed by atoms with Crippen molar-refractivity contribution in [2.24, 2.45) is 0 Å². The highest BCUT2D eigenvalue weighted by atomic mass is 32.1. The zero-order valence-corrected chi connectivity index (χ0v) is 6.91. The Morgan fingerprint density at radius 3 is 3.08 bits per heavy atom. The van der Waals surface area contributed by atoms with Crippen molar-refractivity contribution in [2.45, 2.75) is 0 Å². The quantitative estimate of drug-likeness (QED) is 0.704. The minimum Gasteiger partial charge on any atom is -0.436 e. The number of benzene rings is 1. The highest BCUT2D eigenvalue weighted by Gasteiger charge is 1.97. The molecule has 1 radical (unpaired) electrons. The third-order valence-electron chi connectivity index (χ3n) is 1.24. The molecule has 0 aliphatic rings. The van der Waals surface area contributed by atoms with Gasteiger partial charge in [0.15, 0.2) is 0 Å². The zero-order valence-electron chi connectivity index (χ0n) is 6.10. The van der Waals surface area contributed by atoms with Crippen LogP contribution in [-0.2, 0) is 0 Å². The Kier molecular flexibility index (Phi) is 2.00. The van der Waals surface area contributed by atoms with Crippen LogP contribution in [0.2, 0.25) is 0 Å². The number of aromatic nitrogens is 2. The molecule has 0 aliphatic heterocycles. The number of para-hydroxylation sites is 1. The van der Waals surface area contributed by atoms with E-state index in [2.05, 4.69) is 15.7 Å². The Balaban J connectivity index is 2.15. The van der Waals surface area contributed by atoms with Crippen molar-refractivity contribution in [3.05, 3.63) is 35.7 Å². The van der Waals surface area contributed by atoms with Crippen molar-refractivity contribution in [3.8, 4) is 11.6 Å². The molecule has 0 fully saturated rings. The minimum atomic E-state index is 0.516. The van der Waals surface area contributed by atoms with Crippen LogP contribution in [0.4, 0.5) is 0 Å². The Morgan fingerprint density at radius 1 is 1.42 bits per heavy atom. The van der Waals surface area contributed by atoms with Crippen molar-refractivity contribution >= 4 is 11.5 Å². The largest absolute Gasteiger partial charge is 0.436 e. The van der Waals surface area contributed by atoms with Crippen molar-refractivity contribution in [1.29, 1.82) is 0 Å². The van der Waals surface area contributed by atoms with E-state index in [1.165, 1.54) is 11.5 Å². The summed E-state index contributed by atoms with van der Waals surface area (Å²) in [6, 6.07) is 10.3. The molecule has 12 heavy (non-hydrogen) atoms. The number of nitrogens with zero attached hydrogens (tertiary/aromatic N) is 2. The Bertz CT molecular complexity index is 333. The molecule has 0 spiro atoms. The Hall–Kier alpha value is -1.42. The summed E-state index contributed by atoms with van der Waals surface area (Å²) >= 11 is 1.26. The van der Waals surface area contributed by atoms with Gasteiger partial charge in [0.2, 0.25) is 0 Å². The van der Waals surface area contributed by atoms with Crippen molar-refractivity contribution in [2.75, 3.05) is 0 Å². The van der Waals surface area contributed by atoms with Gasteiger partial charge in [0.25, 0.3) is 5.88 Å². The van der Waals surface area contributed by atoms with Gasteiger partial charge in [-0.1, -0.05) is 27.8 Å². The normalized spacial score (nSPS) is 9.67. The lowest BCUT2D eigenvalue weighted by Gasteiger charge is -1.97.